The maximum Gasteiger partial charge on any atom is 0.229 e. The Labute approximate surface area is 177 Å². The van der Waals surface area contributed by atoms with Crippen molar-refractivity contribution < 1.29 is 30.8 Å². The number of rotatable bonds is 6. The second-order valence-electron chi connectivity index (χ2n) is 7.96. The van der Waals surface area contributed by atoms with E-state index in [1.165, 1.54) is 30.3 Å². The van der Waals surface area contributed by atoms with Crippen molar-refractivity contribution in [3.8, 4) is 11.1 Å². The summed E-state index contributed by atoms with van der Waals surface area (Å²) in [6.45, 7) is -0.570. The normalized spacial score (nSPS) is 27.6. The van der Waals surface area contributed by atoms with Gasteiger partial charge in [0.2, 0.25) is 15.9 Å². The first-order chi connectivity index (χ1) is 14.5. The molecule has 31 heavy (non-hydrogen) atoms. The molecule has 1 aliphatic heterocycles. The standard InChI is InChI=1S/C21H20F4N2O3S/c1-31(29,30)26-10-18-17(24)11-27(18)20(28)14-9-21(14,25)13-6-3-2-5-12(13)19-15(22)7-4-8-16(19)23/h2-8,14,17-18,26H,9-11H2,1H3/t14-,17+,18+,21+/m0/s1. The number of carbonyl (C=O) groups excluding carboxylic acids is 1. The van der Waals surface area contributed by atoms with Crippen LogP contribution in [0, 0.1) is 17.6 Å². The fourth-order valence-electron chi connectivity index (χ4n) is 4.07. The molecule has 1 saturated carbocycles. The van der Waals surface area contributed by atoms with Crippen LogP contribution in [-0.2, 0) is 20.5 Å². The van der Waals surface area contributed by atoms with Crippen LogP contribution in [0.5, 0.6) is 0 Å². The fourth-order valence-corrected chi connectivity index (χ4v) is 4.54. The Balaban J connectivity index is 1.58. The Bertz CT molecular complexity index is 1120. The lowest BCUT2D eigenvalue weighted by Crippen LogP contribution is -2.64. The van der Waals surface area contributed by atoms with Crippen molar-refractivity contribution in [2.24, 2.45) is 5.92 Å². The molecule has 0 spiro atoms. The highest BCUT2D eigenvalue weighted by molar-refractivity contribution is 7.88. The summed E-state index contributed by atoms with van der Waals surface area (Å²) in [6, 6.07) is 8.11. The first-order valence-electron chi connectivity index (χ1n) is 9.65. The summed E-state index contributed by atoms with van der Waals surface area (Å²) < 4.78 is 83.0. The smallest absolute Gasteiger partial charge is 0.229 e. The van der Waals surface area contributed by atoms with E-state index in [-0.39, 0.29) is 36.2 Å². The van der Waals surface area contributed by atoms with Gasteiger partial charge in [0, 0.05) is 13.0 Å². The Morgan fingerprint density at radius 2 is 1.81 bits per heavy atom. The van der Waals surface area contributed by atoms with E-state index < -0.39 is 51.4 Å². The molecule has 1 N–H and O–H groups in total. The molecule has 2 aliphatic rings. The molecular formula is C21H20F4N2O3S. The quantitative estimate of drug-likeness (QED) is 0.680. The van der Waals surface area contributed by atoms with Crippen LogP contribution in [0.2, 0.25) is 0 Å². The SMILES string of the molecule is CS(=O)(=O)NC[C@@H]1[C@H](F)CN1C(=O)[C@@H]1C[C@@]1(F)c1ccccc1-c1c(F)cccc1F. The molecule has 1 heterocycles. The Morgan fingerprint density at radius 1 is 1.16 bits per heavy atom. The minimum Gasteiger partial charge on any atom is -0.332 e. The van der Waals surface area contributed by atoms with E-state index in [0.717, 1.165) is 23.3 Å². The van der Waals surface area contributed by atoms with E-state index in [0.29, 0.717) is 0 Å². The van der Waals surface area contributed by atoms with Crippen molar-refractivity contribution in [3.63, 3.8) is 0 Å². The van der Waals surface area contributed by atoms with E-state index in [4.69, 9.17) is 0 Å². The lowest BCUT2D eigenvalue weighted by atomic mass is 9.93. The molecule has 2 fully saturated rings. The summed E-state index contributed by atoms with van der Waals surface area (Å²) in [5, 5.41) is 0. The number of likely N-dealkylation sites (tertiary alicyclic amines) is 1. The lowest BCUT2D eigenvalue weighted by molar-refractivity contribution is -0.147. The molecule has 5 nitrogen and oxygen atoms in total. The number of amides is 1. The summed E-state index contributed by atoms with van der Waals surface area (Å²) in [7, 11) is -3.58. The third-order valence-electron chi connectivity index (χ3n) is 5.83. The molecule has 0 bridgehead atoms. The van der Waals surface area contributed by atoms with Crippen molar-refractivity contribution in [3.05, 3.63) is 59.7 Å². The molecule has 1 saturated heterocycles. The summed E-state index contributed by atoms with van der Waals surface area (Å²) in [6.07, 6.45) is -0.721. The third kappa shape index (κ3) is 3.94. The summed E-state index contributed by atoms with van der Waals surface area (Å²) in [5.41, 5.74) is -2.53. The minimum atomic E-state index is -3.58. The van der Waals surface area contributed by atoms with E-state index in [1.54, 1.807) is 0 Å². The highest BCUT2D eigenvalue weighted by atomic mass is 32.2. The van der Waals surface area contributed by atoms with Crippen molar-refractivity contribution in [2.45, 2.75) is 24.3 Å². The van der Waals surface area contributed by atoms with Gasteiger partial charge in [0.1, 0.15) is 23.5 Å². The third-order valence-corrected chi connectivity index (χ3v) is 6.52. The molecule has 1 amide bonds. The van der Waals surface area contributed by atoms with E-state index in [2.05, 4.69) is 4.72 Å². The van der Waals surface area contributed by atoms with Crippen LogP contribution >= 0.6 is 0 Å². The van der Waals surface area contributed by atoms with Gasteiger partial charge < -0.3 is 4.90 Å². The first-order valence-corrected chi connectivity index (χ1v) is 11.5. The van der Waals surface area contributed by atoms with Gasteiger partial charge in [0.25, 0.3) is 0 Å². The number of nitrogens with zero attached hydrogens (tertiary/aromatic N) is 1. The maximum atomic E-state index is 15.8. The Kier molecular flexibility index (Phi) is 5.33. The van der Waals surface area contributed by atoms with Crippen LogP contribution in [0.15, 0.2) is 42.5 Å². The summed E-state index contributed by atoms with van der Waals surface area (Å²) in [5.74, 6) is -3.50. The Morgan fingerprint density at radius 3 is 2.42 bits per heavy atom. The summed E-state index contributed by atoms with van der Waals surface area (Å²) in [4.78, 5) is 13.9. The predicted octanol–water partition coefficient (Wildman–Crippen LogP) is 2.91. The monoisotopic (exact) mass is 456 g/mol. The molecule has 0 unspecified atom stereocenters. The van der Waals surface area contributed by atoms with E-state index >= 15 is 4.39 Å². The lowest BCUT2D eigenvalue weighted by Gasteiger charge is -2.44. The Hall–Kier alpha value is -2.46. The highest BCUT2D eigenvalue weighted by Gasteiger charge is 2.64. The molecule has 10 heteroatoms. The molecule has 0 aromatic heterocycles. The first kappa shape index (κ1) is 21.8. The van der Waals surface area contributed by atoms with Crippen molar-refractivity contribution >= 4 is 15.9 Å². The topological polar surface area (TPSA) is 66.5 Å². The molecule has 2 aromatic rings. The van der Waals surface area contributed by atoms with Gasteiger partial charge in [-0.05, 0) is 23.3 Å². The van der Waals surface area contributed by atoms with Crippen LogP contribution < -0.4 is 4.72 Å². The van der Waals surface area contributed by atoms with E-state index in [1.807, 2.05) is 0 Å². The number of halogens is 4. The number of carbonyl (C=O) groups is 1. The molecule has 166 valence electrons. The van der Waals surface area contributed by atoms with Crippen LogP contribution in [-0.4, -0.2) is 50.8 Å². The average Bonchev–Trinajstić information content (AvgIpc) is 3.38. The van der Waals surface area contributed by atoms with Crippen LogP contribution in [0.1, 0.15) is 12.0 Å². The molecule has 4 rings (SSSR count). The second-order valence-corrected chi connectivity index (χ2v) is 9.79. The zero-order valence-corrected chi connectivity index (χ0v) is 17.3. The van der Waals surface area contributed by atoms with Crippen LogP contribution in [0.3, 0.4) is 0 Å². The number of nitrogens with one attached hydrogen (secondary N) is 1. The summed E-state index contributed by atoms with van der Waals surface area (Å²) >= 11 is 0. The van der Waals surface area contributed by atoms with E-state index in [9.17, 15) is 26.4 Å². The largest absolute Gasteiger partial charge is 0.332 e. The number of hydrogen-bond acceptors (Lipinski definition) is 3. The minimum absolute atomic E-state index is 0.0122. The van der Waals surface area contributed by atoms with Gasteiger partial charge in [-0.25, -0.2) is 30.7 Å². The predicted molar refractivity (Wildman–Crippen MR) is 106 cm³/mol. The van der Waals surface area contributed by atoms with Gasteiger partial charge in [-0.2, -0.15) is 0 Å². The number of sulfonamides is 1. The van der Waals surface area contributed by atoms with Crippen molar-refractivity contribution in [2.75, 3.05) is 19.3 Å². The number of alkyl halides is 2. The molecular weight excluding hydrogens is 436 g/mol. The van der Waals surface area contributed by atoms with Gasteiger partial charge in [-0.15, -0.1) is 0 Å². The zero-order chi connectivity index (χ0) is 22.6. The maximum absolute atomic E-state index is 15.8. The molecule has 0 radical (unpaired) electrons. The van der Waals surface area contributed by atoms with Gasteiger partial charge in [0.05, 0.1) is 30.3 Å². The molecule has 1 aliphatic carbocycles. The van der Waals surface area contributed by atoms with Crippen molar-refractivity contribution in [1.29, 1.82) is 0 Å². The molecule has 4 atom stereocenters. The fraction of sp³-hybridized carbons (Fsp3) is 0.381. The van der Waals surface area contributed by atoms with Gasteiger partial charge in [0.15, 0.2) is 0 Å². The van der Waals surface area contributed by atoms with Crippen LogP contribution in [0.25, 0.3) is 11.1 Å². The van der Waals surface area contributed by atoms with Gasteiger partial charge >= 0.3 is 0 Å². The van der Waals surface area contributed by atoms with Gasteiger partial charge in [-0.3, -0.25) is 4.79 Å². The molecule has 2 aromatic carbocycles. The van der Waals surface area contributed by atoms with Crippen LogP contribution in [0.4, 0.5) is 17.6 Å². The van der Waals surface area contributed by atoms with Crippen molar-refractivity contribution in [1.82, 2.24) is 9.62 Å². The van der Waals surface area contributed by atoms with Gasteiger partial charge in [-0.1, -0.05) is 30.3 Å². The average molecular weight is 456 g/mol. The second kappa shape index (κ2) is 7.59. The zero-order valence-electron chi connectivity index (χ0n) is 16.5. The highest BCUT2D eigenvalue weighted by Crippen LogP contribution is 2.59. The number of benzene rings is 2. The number of hydrogen-bond donors (Lipinski definition) is 1.